The second kappa shape index (κ2) is 40.3. The number of alkyl halides is 2. The summed E-state index contributed by atoms with van der Waals surface area (Å²) in [4.78, 5) is 24.6. The van der Waals surface area contributed by atoms with Gasteiger partial charge in [-0.2, -0.15) is 51.9 Å². The Kier molecular flexibility index (Phi) is 33.1. The van der Waals surface area contributed by atoms with Crippen LogP contribution in [0.25, 0.3) is 58.6 Å². The number of aryl methyl sites for hydroxylation is 4. The quantitative estimate of drug-likeness (QED) is 0.0896. The number of halogens is 2. The van der Waals surface area contributed by atoms with Crippen molar-refractivity contribution < 1.29 is 114 Å². The molecule has 0 saturated heterocycles. The van der Waals surface area contributed by atoms with Crippen molar-refractivity contribution in [2.45, 2.75) is 150 Å². The molecule has 10 heterocycles. The summed E-state index contributed by atoms with van der Waals surface area (Å²) in [6.45, 7) is 27.0. The zero-order chi connectivity index (χ0) is 75.7. The maximum absolute atomic E-state index is 12.9. The number of benzene rings is 6. The van der Waals surface area contributed by atoms with Gasteiger partial charge in [-0.1, -0.05) is 181 Å². The van der Waals surface area contributed by atoms with E-state index < -0.39 is 13.3 Å². The summed E-state index contributed by atoms with van der Waals surface area (Å²) in [6, 6.07) is 92.4. The molecule has 17 heteroatoms. The third-order valence-corrected chi connectivity index (χ3v) is 22.4. The first-order chi connectivity index (χ1) is 51.5. The van der Waals surface area contributed by atoms with Crippen LogP contribution in [0.3, 0.4) is 0 Å². The number of hydrogen-bond acceptors (Lipinski definition) is 8. The summed E-state index contributed by atoms with van der Waals surface area (Å²) < 4.78 is 38.5. The van der Waals surface area contributed by atoms with Crippen molar-refractivity contribution in [3.63, 3.8) is 0 Å². The van der Waals surface area contributed by atoms with Gasteiger partial charge in [-0.25, -0.2) is 20.1 Å². The van der Waals surface area contributed by atoms with Crippen LogP contribution in [0.4, 0.5) is 8.78 Å². The molecule has 5 radical (unpaired) electrons. The van der Waals surface area contributed by atoms with Crippen molar-refractivity contribution in [1.29, 1.82) is 0 Å². The van der Waals surface area contributed by atoms with Crippen LogP contribution < -0.4 is 0 Å². The van der Waals surface area contributed by atoms with Crippen LogP contribution in [0.5, 0.6) is 0 Å². The average Bonchev–Trinajstić information content (AvgIpc) is 1.61. The number of hydrogen-bond donors (Lipinski definition) is 0. The first-order valence-corrected chi connectivity index (χ1v) is 38.4. The maximum atomic E-state index is 12.9. The van der Waals surface area contributed by atoms with E-state index in [9.17, 15) is 8.78 Å². The smallest absolute Gasteiger partial charge is 0.131 e. The Morgan fingerprint density at radius 1 is 0.375 bits per heavy atom. The molecule has 0 amide bonds. The minimum absolute atomic E-state index is 0. The van der Waals surface area contributed by atoms with E-state index in [4.69, 9.17) is 19.4 Å². The van der Waals surface area contributed by atoms with E-state index in [1.54, 1.807) is 23.5 Å². The molecule has 6 aromatic carbocycles. The van der Waals surface area contributed by atoms with Crippen LogP contribution in [0.15, 0.2) is 247 Å². The molecule has 16 aromatic rings. The SMILES string of the molecule is CC(C)(c1cccc(CF)n1)c1[c-]sc2ccccc12.CCc1cccc(C(C)(C)c2[c-]c3ccccc3n2-c2ccccc2)n1.CCc1cccc(C(C)(C)c2[c-]c3ccccc3o2)n1.CCc1cccc(C(C)(C)c2[c-]c3ccccc3s2)n1.Cn1[c-]c(C(C)(C)c2cccc(CF)n2)c2ccccc21.[Ir].[Ir].[Ir].[Ir].[Ir]. The number of nitrogens with zero attached hydrogens (tertiary/aromatic N) is 7. The molecule has 0 unspecified atom stereocenters. The van der Waals surface area contributed by atoms with Crippen molar-refractivity contribution in [3.05, 3.63) is 357 Å². The summed E-state index contributed by atoms with van der Waals surface area (Å²) in [5.41, 5.74) is 15.7. The van der Waals surface area contributed by atoms with Gasteiger partial charge in [-0.15, -0.1) is 92.9 Å². The number of para-hydroxylation sites is 4. The topological polar surface area (TPSA) is 87.5 Å². The number of thiophene rings is 2. The molecule has 0 fully saturated rings. The van der Waals surface area contributed by atoms with Gasteiger partial charge in [0.1, 0.15) is 13.3 Å². The number of rotatable bonds is 16. The summed E-state index contributed by atoms with van der Waals surface area (Å²) in [5.74, 6) is 0.833. The van der Waals surface area contributed by atoms with Crippen LogP contribution in [-0.2, 0) is 167 Å². The van der Waals surface area contributed by atoms with Crippen LogP contribution in [0.1, 0.15) is 174 Å². The van der Waals surface area contributed by atoms with Gasteiger partial charge in [-0.3, -0.25) is 36.3 Å². The fourth-order valence-corrected chi connectivity index (χ4v) is 15.5. The third-order valence-electron chi connectivity index (χ3n) is 20.1. The molecule has 0 aliphatic heterocycles. The monoisotopic (exact) mass is 2410 g/mol. The number of fused-ring (bicyclic) bond motifs is 5. The maximum Gasteiger partial charge on any atom is 0.131 e. The van der Waals surface area contributed by atoms with E-state index in [1.165, 1.54) is 30.6 Å². The minimum Gasteiger partial charge on any atom is -0.531 e. The Hall–Kier alpha value is -7.28. The van der Waals surface area contributed by atoms with E-state index in [0.717, 1.165) is 120 Å². The summed E-state index contributed by atoms with van der Waals surface area (Å²) in [5, 5.41) is 9.11. The Morgan fingerprint density at radius 2 is 0.795 bits per heavy atom. The summed E-state index contributed by atoms with van der Waals surface area (Å²) >= 11 is 3.44. The van der Waals surface area contributed by atoms with Crippen molar-refractivity contribution in [2.24, 2.45) is 7.05 Å². The van der Waals surface area contributed by atoms with Gasteiger partial charge >= 0.3 is 0 Å². The second-order valence-electron chi connectivity index (χ2n) is 29.4. The predicted molar refractivity (Wildman–Crippen MR) is 440 cm³/mol. The summed E-state index contributed by atoms with van der Waals surface area (Å²) in [6.07, 6.45) is 6.26. The zero-order valence-corrected chi connectivity index (χ0v) is 79.0. The Morgan fingerprint density at radius 3 is 1.32 bits per heavy atom. The van der Waals surface area contributed by atoms with Crippen molar-refractivity contribution in [3.8, 4) is 5.69 Å². The van der Waals surface area contributed by atoms with E-state index in [2.05, 4.69) is 292 Å². The molecule has 16 rings (SSSR count). The molecule has 0 aliphatic rings. The molecular weight excluding hydrogens is 2320 g/mol. The van der Waals surface area contributed by atoms with E-state index >= 15 is 0 Å². The van der Waals surface area contributed by atoms with Gasteiger partial charge in [0.15, 0.2) is 0 Å². The van der Waals surface area contributed by atoms with Crippen LogP contribution in [0.2, 0.25) is 0 Å². The molecule has 112 heavy (non-hydrogen) atoms. The zero-order valence-electron chi connectivity index (χ0n) is 65.4. The molecule has 0 atom stereocenters. The molecule has 589 valence electrons. The van der Waals surface area contributed by atoms with Gasteiger partial charge in [-0.05, 0) is 132 Å². The van der Waals surface area contributed by atoms with Crippen LogP contribution in [0, 0.1) is 29.8 Å². The van der Waals surface area contributed by atoms with Gasteiger partial charge in [0.25, 0.3) is 0 Å². The largest absolute Gasteiger partial charge is 0.531 e. The van der Waals surface area contributed by atoms with Gasteiger partial charge in [0, 0.05) is 168 Å². The van der Waals surface area contributed by atoms with Crippen molar-refractivity contribution >= 4 is 75.6 Å². The Bertz CT molecular complexity index is 5500. The van der Waals surface area contributed by atoms with E-state index in [0.29, 0.717) is 11.4 Å². The number of furan rings is 1. The van der Waals surface area contributed by atoms with E-state index in [1.807, 2.05) is 95.7 Å². The standard InChI is InChI=1S/C24H23N2.C18H18FN2.C18H18NO.C18H18NS.C17H15FNS.5Ir/c1-4-19-12-10-16-22(25-19)24(2,3)23-17-18-11-8-9-15-21(18)26(23)20-13-6-5-7-14-20;1-18(2,17-10-6-7-13(11-19)20-17)15-12-21(3)16-9-5-4-8-14(15)16;2*1-4-14-9-7-11-16(19-14)18(2,3)17-12-13-8-5-6-10-15(13)20-17;1-17(2,16-9-5-6-12(10-18)19-16)14-11-20-15-8-4-3-7-13(14)15;;;;;/h5-16H,4H2,1-3H3;4-10H,11H2,1-3H3;2*5-11H,4H2,1-3H3;3-9H,10H2,1-2H3;;;;;/q5*-1;;;;;. The van der Waals surface area contributed by atoms with Gasteiger partial charge in [0.05, 0.1) is 33.9 Å². The molecule has 0 spiro atoms. The Labute approximate surface area is 735 Å². The van der Waals surface area contributed by atoms with Crippen molar-refractivity contribution in [2.75, 3.05) is 0 Å². The van der Waals surface area contributed by atoms with Crippen molar-refractivity contribution in [1.82, 2.24) is 34.1 Å². The predicted octanol–water partition coefficient (Wildman–Crippen LogP) is 24.3. The van der Waals surface area contributed by atoms with Crippen LogP contribution >= 0.6 is 22.7 Å². The number of pyridine rings is 5. The molecular formula is C95H92F2Ir5N7OS2-5. The average molecular weight is 2410 g/mol. The fraction of sp³-hybridized carbons (Fsp3) is 0.253. The third kappa shape index (κ3) is 20.3. The normalized spacial score (nSPS) is 11.4. The molecule has 0 N–H and O–H groups in total. The minimum atomic E-state index is -0.539. The molecule has 10 aromatic heterocycles. The van der Waals surface area contributed by atoms with Gasteiger partial charge in [0.2, 0.25) is 0 Å². The van der Waals surface area contributed by atoms with Crippen LogP contribution in [-0.4, -0.2) is 34.1 Å². The fourth-order valence-electron chi connectivity index (χ4n) is 13.4. The molecule has 0 saturated carbocycles. The Balaban J connectivity index is 0.000000193. The van der Waals surface area contributed by atoms with Gasteiger partial charge < -0.3 is 13.6 Å². The first kappa shape index (κ1) is 91.9. The summed E-state index contributed by atoms with van der Waals surface area (Å²) in [7, 11) is 1.99. The molecule has 8 nitrogen and oxygen atoms in total. The number of aromatic nitrogens is 7. The molecule has 0 bridgehead atoms. The van der Waals surface area contributed by atoms with E-state index in [-0.39, 0.29) is 128 Å². The first-order valence-electron chi connectivity index (χ1n) is 36.7. The second-order valence-corrected chi connectivity index (χ2v) is 31.3. The molecule has 0 aliphatic carbocycles.